The normalized spacial score (nSPS) is 40.9. The second-order valence-electron chi connectivity index (χ2n) is 12.9. The molecule has 8 nitrogen and oxygen atoms in total. The Balaban J connectivity index is 1.18. The summed E-state index contributed by atoms with van der Waals surface area (Å²) in [6.45, 7) is 3.53. The molecule has 9 atom stereocenters. The summed E-state index contributed by atoms with van der Waals surface area (Å²) in [5, 5.41) is 23.6. The van der Waals surface area contributed by atoms with Crippen molar-refractivity contribution in [2.75, 3.05) is 12.3 Å². The van der Waals surface area contributed by atoms with E-state index in [1.165, 1.54) is 11.3 Å². The van der Waals surface area contributed by atoms with Crippen LogP contribution in [0.4, 0.5) is 5.00 Å². The zero-order valence-electron chi connectivity index (χ0n) is 23.3. The number of allylic oxidation sites excluding steroid dienone is 4. The maximum Gasteiger partial charge on any atom is 0.193 e. The Kier molecular flexibility index (Phi) is 6.23. The molecule has 7 rings (SSSR count). The topological polar surface area (TPSA) is 132 Å². The molecule has 2 aromatic rings. The van der Waals surface area contributed by atoms with E-state index in [0.29, 0.717) is 24.3 Å². The molecule has 9 heteroatoms. The van der Waals surface area contributed by atoms with Crippen molar-refractivity contribution in [3.8, 4) is 0 Å². The highest BCUT2D eigenvalue weighted by Crippen LogP contribution is 2.70. The van der Waals surface area contributed by atoms with Gasteiger partial charge in [-0.3, -0.25) is 9.59 Å². The van der Waals surface area contributed by atoms with Crippen LogP contribution in [-0.4, -0.2) is 51.2 Å². The van der Waals surface area contributed by atoms with Gasteiger partial charge in [-0.1, -0.05) is 49.8 Å². The number of ketones is 2. The van der Waals surface area contributed by atoms with E-state index in [1.54, 1.807) is 18.3 Å². The first-order valence-corrected chi connectivity index (χ1v) is 15.3. The van der Waals surface area contributed by atoms with E-state index in [9.17, 15) is 19.8 Å². The summed E-state index contributed by atoms with van der Waals surface area (Å²) in [6.07, 6.45) is 8.29. The van der Waals surface area contributed by atoms with Crippen molar-refractivity contribution in [1.29, 1.82) is 0 Å². The van der Waals surface area contributed by atoms with Crippen LogP contribution in [-0.2, 0) is 25.5 Å². The minimum Gasteiger partial charge on any atom is -0.393 e. The van der Waals surface area contributed by atoms with Crippen LogP contribution >= 0.6 is 11.3 Å². The molecule has 4 fully saturated rings. The van der Waals surface area contributed by atoms with Crippen molar-refractivity contribution in [2.24, 2.45) is 28.6 Å². The van der Waals surface area contributed by atoms with Crippen LogP contribution in [0, 0.1) is 28.6 Å². The quantitative estimate of drug-likeness (QED) is 0.488. The second-order valence-corrected chi connectivity index (χ2v) is 14.1. The number of hydrogen-bond acceptors (Lipinski definition) is 9. The van der Waals surface area contributed by atoms with Crippen molar-refractivity contribution in [2.45, 2.75) is 70.1 Å². The Bertz CT molecular complexity index is 1470. The molecule has 0 spiro atoms. The summed E-state index contributed by atoms with van der Waals surface area (Å²) < 4.78 is 13.2. The van der Waals surface area contributed by atoms with Gasteiger partial charge in [0.05, 0.1) is 23.4 Å². The molecule has 4 aliphatic carbocycles. The van der Waals surface area contributed by atoms with Gasteiger partial charge in [-0.15, -0.1) is 11.3 Å². The van der Waals surface area contributed by atoms with E-state index in [1.807, 2.05) is 37.3 Å². The standard InChI is InChI=1S/C32H36N2O6S/c1-30-10-9-20(36)12-19(30)7-8-21-22-13-25-32(24(38)16-35,31(22,2)14-23(37)28(21)30)40-29(39-25)18-5-3-17(4-6-18)11-27-34-15-26(33)41-27/h3-6,9-10,12,15,21-23,25,28-29,35,37H,7-8,11,13-14,16,33H2,1-2H3/t21-,22-,23-,25+,28+,29-,30-,31-,32+/m0/s1. The van der Waals surface area contributed by atoms with Crippen LogP contribution in [0.5, 0.6) is 0 Å². The third kappa shape index (κ3) is 3.82. The zero-order chi connectivity index (χ0) is 28.7. The third-order valence-electron chi connectivity index (χ3n) is 11.0. The Labute approximate surface area is 243 Å². The maximum atomic E-state index is 13.7. The number of hydrogen-bond donors (Lipinski definition) is 3. The average Bonchev–Trinajstić information content (AvgIpc) is 3.60. The molecule has 5 aliphatic rings. The van der Waals surface area contributed by atoms with Crippen molar-refractivity contribution in [3.63, 3.8) is 0 Å². The van der Waals surface area contributed by atoms with Gasteiger partial charge in [0.1, 0.15) is 11.6 Å². The fourth-order valence-electron chi connectivity index (χ4n) is 9.21. The van der Waals surface area contributed by atoms with Crippen molar-refractivity contribution in [1.82, 2.24) is 4.98 Å². The molecule has 3 saturated carbocycles. The van der Waals surface area contributed by atoms with E-state index >= 15 is 0 Å². The third-order valence-corrected chi connectivity index (χ3v) is 11.8. The van der Waals surface area contributed by atoms with Crippen LogP contribution in [0.1, 0.15) is 62.0 Å². The van der Waals surface area contributed by atoms with Crippen LogP contribution in [0.3, 0.4) is 0 Å². The molecule has 1 saturated heterocycles. The van der Waals surface area contributed by atoms with Crippen molar-refractivity contribution >= 4 is 27.9 Å². The summed E-state index contributed by atoms with van der Waals surface area (Å²) in [5.41, 5.74) is 6.31. The van der Waals surface area contributed by atoms with Gasteiger partial charge in [0, 0.05) is 28.7 Å². The molecule has 1 aromatic heterocycles. The number of ether oxygens (including phenoxy) is 2. The highest BCUT2D eigenvalue weighted by molar-refractivity contribution is 7.15. The highest BCUT2D eigenvalue weighted by Gasteiger charge is 2.75. The molecule has 0 radical (unpaired) electrons. The van der Waals surface area contributed by atoms with Gasteiger partial charge in [0.25, 0.3) is 0 Å². The number of thiazole rings is 1. The van der Waals surface area contributed by atoms with Crippen molar-refractivity contribution in [3.05, 3.63) is 70.4 Å². The Hall–Kier alpha value is -2.69. The number of aliphatic hydroxyl groups is 2. The number of rotatable bonds is 5. The lowest BCUT2D eigenvalue weighted by Gasteiger charge is -2.59. The molecule has 216 valence electrons. The second kappa shape index (κ2) is 9.41. The first-order chi connectivity index (χ1) is 19.6. The van der Waals surface area contributed by atoms with E-state index in [0.717, 1.165) is 34.5 Å². The molecule has 2 heterocycles. The van der Waals surface area contributed by atoms with Gasteiger partial charge in [-0.2, -0.15) is 0 Å². The van der Waals surface area contributed by atoms with Crippen molar-refractivity contribution < 1.29 is 29.3 Å². The molecule has 1 aliphatic heterocycles. The number of nitrogen functional groups attached to an aromatic ring is 1. The molecule has 0 amide bonds. The number of fused-ring (bicyclic) bond motifs is 7. The van der Waals surface area contributed by atoms with Gasteiger partial charge >= 0.3 is 0 Å². The molecule has 0 bridgehead atoms. The first kappa shape index (κ1) is 27.2. The number of nitrogens with zero attached hydrogens (tertiary/aromatic N) is 1. The molecule has 1 aromatic carbocycles. The zero-order valence-corrected chi connectivity index (χ0v) is 24.1. The minimum absolute atomic E-state index is 0.00251. The molecule has 0 unspecified atom stereocenters. The fourth-order valence-corrected chi connectivity index (χ4v) is 9.93. The molecule has 4 N–H and O–H groups in total. The van der Waals surface area contributed by atoms with E-state index in [4.69, 9.17) is 15.2 Å². The lowest BCUT2D eigenvalue weighted by Crippen LogP contribution is -2.63. The van der Waals surface area contributed by atoms with Gasteiger partial charge in [0.15, 0.2) is 23.5 Å². The summed E-state index contributed by atoms with van der Waals surface area (Å²) in [4.78, 5) is 30.2. The minimum atomic E-state index is -1.35. The molecule has 41 heavy (non-hydrogen) atoms. The van der Waals surface area contributed by atoms with E-state index in [2.05, 4.69) is 11.9 Å². The van der Waals surface area contributed by atoms with Gasteiger partial charge < -0.3 is 25.4 Å². The maximum absolute atomic E-state index is 13.7. The Morgan fingerprint density at radius 1 is 1.24 bits per heavy atom. The summed E-state index contributed by atoms with van der Waals surface area (Å²) in [7, 11) is 0. The Morgan fingerprint density at radius 3 is 2.73 bits per heavy atom. The number of aliphatic hydroxyl groups excluding tert-OH is 2. The number of carbonyl (C=O) groups is 2. The number of nitrogens with two attached hydrogens (primary N) is 1. The summed E-state index contributed by atoms with van der Waals surface area (Å²) >= 11 is 1.47. The fraction of sp³-hybridized carbons (Fsp3) is 0.531. The van der Waals surface area contributed by atoms with Crippen LogP contribution in [0.25, 0.3) is 0 Å². The number of anilines is 1. The SMILES string of the molecule is C[C@]12C=CC(=O)C=C1CC[C@@H]1[C@@H]2[C@@H](O)C[C@@]2(C)[C@H]1C[C@H]1O[C@H](c3ccc(Cc4ncc(N)s4)cc3)O[C@]12C(=O)CO. The number of Topliss-reactive ketones (excluding diaryl/α,β-unsaturated/α-hetero) is 1. The van der Waals surface area contributed by atoms with Crippen LogP contribution < -0.4 is 5.73 Å². The predicted octanol–water partition coefficient (Wildman–Crippen LogP) is 3.92. The number of benzene rings is 1. The summed E-state index contributed by atoms with van der Waals surface area (Å²) in [5.74, 6) is -0.258. The number of carbonyl (C=O) groups excluding carboxylic acids is 2. The summed E-state index contributed by atoms with van der Waals surface area (Å²) in [6, 6.07) is 7.91. The van der Waals surface area contributed by atoms with Gasteiger partial charge in [-0.25, -0.2) is 4.98 Å². The monoisotopic (exact) mass is 576 g/mol. The Morgan fingerprint density at radius 2 is 2.02 bits per heavy atom. The average molecular weight is 577 g/mol. The smallest absolute Gasteiger partial charge is 0.193 e. The van der Waals surface area contributed by atoms with Crippen LogP contribution in [0.2, 0.25) is 0 Å². The van der Waals surface area contributed by atoms with Crippen LogP contribution in [0.15, 0.2) is 54.3 Å². The largest absolute Gasteiger partial charge is 0.393 e. The first-order valence-electron chi connectivity index (χ1n) is 14.5. The van der Waals surface area contributed by atoms with E-state index in [-0.39, 0.29) is 29.3 Å². The molecular weight excluding hydrogens is 540 g/mol. The lowest BCUT2D eigenvalue weighted by atomic mass is 9.46. The van der Waals surface area contributed by atoms with E-state index < -0.39 is 41.5 Å². The van der Waals surface area contributed by atoms with Gasteiger partial charge in [0.2, 0.25) is 0 Å². The van der Waals surface area contributed by atoms with Gasteiger partial charge in [-0.05, 0) is 55.2 Å². The lowest BCUT2D eigenvalue weighted by molar-refractivity contribution is -0.201. The predicted molar refractivity (Wildman–Crippen MR) is 153 cm³/mol. The number of aromatic nitrogens is 1. The molecular formula is C32H36N2O6S. The highest BCUT2D eigenvalue weighted by atomic mass is 32.1.